The van der Waals surface area contributed by atoms with E-state index in [4.69, 9.17) is 22.7 Å². The molecule has 0 unspecified atom stereocenters. The van der Waals surface area contributed by atoms with Crippen molar-refractivity contribution < 1.29 is 9.53 Å². The fourth-order valence-electron chi connectivity index (χ4n) is 1.82. The van der Waals surface area contributed by atoms with E-state index in [9.17, 15) is 4.79 Å². The zero-order valence-corrected chi connectivity index (χ0v) is 12.0. The van der Waals surface area contributed by atoms with Gasteiger partial charge in [0.2, 0.25) is 0 Å². The van der Waals surface area contributed by atoms with Gasteiger partial charge in [-0.1, -0.05) is 24.4 Å². The fourth-order valence-corrected chi connectivity index (χ4v) is 1.94. The number of carbonyl (C=O) groups excluding carboxylic acids is 1. The van der Waals surface area contributed by atoms with Crippen LogP contribution in [0.1, 0.15) is 24.0 Å². The highest BCUT2D eigenvalue weighted by Gasteiger charge is 2.29. The summed E-state index contributed by atoms with van der Waals surface area (Å²) in [6, 6.07) is 5.92. The number of rotatable bonds is 5. The van der Waals surface area contributed by atoms with E-state index in [2.05, 4.69) is 0 Å². The Kier molecular flexibility index (Phi) is 4.04. The molecule has 1 aromatic carbocycles. The van der Waals surface area contributed by atoms with Crippen molar-refractivity contribution in [2.45, 2.75) is 25.8 Å². The first-order chi connectivity index (χ1) is 8.99. The topological polar surface area (TPSA) is 55.6 Å². The lowest BCUT2D eigenvalue weighted by atomic mass is 10.1. The molecule has 4 nitrogen and oxygen atoms in total. The molecule has 1 fully saturated rings. The van der Waals surface area contributed by atoms with Crippen LogP contribution in [0.4, 0.5) is 0 Å². The number of benzene rings is 1. The van der Waals surface area contributed by atoms with Crippen LogP contribution in [0.25, 0.3) is 0 Å². The smallest absolute Gasteiger partial charge is 0.260 e. The van der Waals surface area contributed by atoms with Crippen LogP contribution in [0.15, 0.2) is 18.2 Å². The van der Waals surface area contributed by atoms with Crippen LogP contribution in [0.5, 0.6) is 5.75 Å². The monoisotopic (exact) mass is 278 g/mol. The Labute approximate surface area is 118 Å². The molecular weight excluding hydrogens is 260 g/mol. The molecule has 1 saturated carbocycles. The first-order valence-corrected chi connectivity index (χ1v) is 6.69. The van der Waals surface area contributed by atoms with Crippen LogP contribution in [0, 0.1) is 6.92 Å². The van der Waals surface area contributed by atoms with Gasteiger partial charge in [0.15, 0.2) is 6.61 Å². The molecule has 1 aliphatic carbocycles. The molecule has 1 aliphatic rings. The van der Waals surface area contributed by atoms with E-state index in [1.165, 1.54) is 0 Å². The summed E-state index contributed by atoms with van der Waals surface area (Å²) < 4.78 is 5.58. The largest absolute Gasteiger partial charge is 0.483 e. The molecule has 0 aromatic heterocycles. The molecule has 1 amide bonds. The number of ether oxygens (including phenoxy) is 1. The standard InChI is InChI=1S/C14H18N2O2S/c1-9-3-4-10(14(15)19)7-12(9)18-8-13(17)16(2)11-5-6-11/h3-4,7,11H,5-6,8H2,1-2H3,(H2,15,19). The van der Waals surface area contributed by atoms with Gasteiger partial charge in [-0.25, -0.2) is 0 Å². The third kappa shape index (κ3) is 3.44. The normalized spacial score (nSPS) is 14.0. The van der Waals surface area contributed by atoms with Gasteiger partial charge in [-0.3, -0.25) is 4.79 Å². The zero-order chi connectivity index (χ0) is 14.0. The Morgan fingerprint density at radius 2 is 2.21 bits per heavy atom. The van der Waals surface area contributed by atoms with Gasteiger partial charge < -0.3 is 15.4 Å². The van der Waals surface area contributed by atoms with Crippen LogP contribution < -0.4 is 10.5 Å². The van der Waals surface area contributed by atoms with Crippen LogP contribution in [-0.2, 0) is 4.79 Å². The highest BCUT2D eigenvalue weighted by Crippen LogP contribution is 2.25. The van der Waals surface area contributed by atoms with Crippen LogP contribution in [-0.4, -0.2) is 35.5 Å². The number of carbonyl (C=O) groups is 1. The molecule has 0 spiro atoms. The third-order valence-corrected chi connectivity index (χ3v) is 3.55. The molecule has 2 N–H and O–H groups in total. The second-order valence-corrected chi connectivity index (χ2v) is 5.31. The van der Waals surface area contributed by atoms with Gasteiger partial charge in [-0.15, -0.1) is 0 Å². The van der Waals surface area contributed by atoms with Gasteiger partial charge in [-0.2, -0.15) is 0 Å². The lowest BCUT2D eigenvalue weighted by molar-refractivity contribution is -0.132. The van der Waals surface area contributed by atoms with Crippen LogP contribution >= 0.6 is 12.2 Å². The Hall–Kier alpha value is -1.62. The van der Waals surface area contributed by atoms with Crippen molar-refractivity contribution in [2.24, 2.45) is 5.73 Å². The van der Waals surface area contributed by atoms with Gasteiger partial charge in [0.1, 0.15) is 10.7 Å². The van der Waals surface area contributed by atoms with Crippen molar-refractivity contribution in [3.05, 3.63) is 29.3 Å². The molecule has 0 aliphatic heterocycles. The Bertz CT molecular complexity index is 512. The molecule has 0 atom stereocenters. The quantitative estimate of drug-likeness (QED) is 0.832. The lowest BCUT2D eigenvalue weighted by Gasteiger charge is -2.17. The van der Waals surface area contributed by atoms with E-state index in [1.54, 1.807) is 11.0 Å². The molecule has 5 heteroatoms. The molecule has 0 bridgehead atoms. The Morgan fingerprint density at radius 1 is 1.53 bits per heavy atom. The predicted octanol–water partition coefficient (Wildman–Crippen LogP) is 1.63. The van der Waals surface area contributed by atoms with Crippen molar-refractivity contribution in [3.8, 4) is 5.75 Å². The predicted molar refractivity (Wildman–Crippen MR) is 78.4 cm³/mol. The van der Waals surface area contributed by atoms with E-state index in [0.29, 0.717) is 16.8 Å². The van der Waals surface area contributed by atoms with Gasteiger partial charge in [0.25, 0.3) is 5.91 Å². The number of likely N-dealkylation sites (N-methyl/N-ethyl adjacent to an activating group) is 1. The average molecular weight is 278 g/mol. The molecule has 102 valence electrons. The summed E-state index contributed by atoms with van der Waals surface area (Å²) in [6.07, 6.45) is 2.19. The molecule has 0 saturated heterocycles. The zero-order valence-electron chi connectivity index (χ0n) is 11.2. The fraction of sp³-hybridized carbons (Fsp3) is 0.429. The highest BCUT2D eigenvalue weighted by molar-refractivity contribution is 7.80. The summed E-state index contributed by atoms with van der Waals surface area (Å²) in [5.74, 6) is 0.658. The first-order valence-electron chi connectivity index (χ1n) is 6.28. The minimum Gasteiger partial charge on any atom is -0.483 e. The average Bonchev–Trinajstić information content (AvgIpc) is 3.20. The van der Waals surface area contributed by atoms with Crippen molar-refractivity contribution >= 4 is 23.1 Å². The second-order valence-electron chi connectivity index (χ2n) is 4.87. The molecule has 19 heavy (non-hydrogen) atoms. The number of amides is 1. The maximum Gasteiger partial charge on any atom is 0.260 e. The SMILES string of the molecule is Cc1ccc(C(N)=S)cc1OCC(=O)N(C)C1CC1. The summed E-state index contributed by atoms with van der Waals surface area (Å²) in [5.41, 5.74) is 7.29. The van der Waals surface area contributed by atoms with Gasteiger partial charge in [-0.05, 0) is 31.4 Å². The van der Waals surface area contributed by atoms with E-state index in [0.717, 1.165) is 24.0 Å². The number of nitrogens with zero attached hydrogens (tertiary/aromatic N) is 1. The second kappa shape index (κ2) is 5.57. The number of aryl methyl sites for hydroxylation is 1. The number of thiocarbonyl (C=S) groups is 1. The van der Waals surface area contributed by atoms with E-state index in [-0.39, 0.29) is 12.5 Å². The van der Waals surface area contributed by atoms with Gasteiger partial charge in [0.05, 0.1) is 0 Å². The van der Waals surface area contributed by atoms with Gasteiger partial charge in [0, 0.05) is 18.7 Å². The molecule has 1 aromatic rings. The number of hydrogen-bond acceptors (Lipinski definition) is 3. The molecule has 2 rings (SSSR count). The maximum atomic E-state index is 11.9. The molecule has 0 heterocycles. The summed E-state index contributed by atoms with van der Waals surface area (Å²) >= 11 is 4.93. The molecular formula is C14H18N2O2S. The van der Waals surface area contributed by atoms with Crippen molar-refractivity contribution in [2.75, 3.05) is 13.7 Å². The van der Waals surface area contributed by atoms with Crippen molar-refractivity contribution in [1.29, 1.82) is 0 Å². The highest BCUT2D eigenvalue weighted by atomic mass is 32.1. The van der Waals surface area contributed by atoms with E-state index >= 15 is 0 Å². The number of nitrogens with two attached hydrogens (primary N) is 1. The Balaban J connectivity index is 2.00. The lowest BCUT2D eigenvalue weighted by Crippen LogP contribution is -2.33. The molecule has 0 radical (unpaired) electrons. The summed E-state index contributed by atoms with van der Waals surface area (Å²) in [7, 11) is 1.82. The van der Waals surface area contributed by atoms with Crippen LogP contribution in [0.2, 0.25) is 0 Å². The first kappa shape index (κ1) is 13.8. The minimum atomic E-state index is 0.00243. The van der Waals surface area contributed by atoms with Crippen LogP contribution in [0.3, 0.4) is 0 Å². The maximum absolute atomic E-state index is 11.9. The summed E-state index contributed by atoms with van der Waals surface area (Å²) in [6.45, 7) is 1.97. The van der Waals surface area contributed by atoms with E-state index < -0.39 is 0 Å². The summed E-state index contributed by atoms with van der Waals surface area (Å²) in [5, 5.41) is 0. The number of hydrogen-bond donors (Lipinski definition) is 1. The third-order valence-electron chi connectivity index (χ3n) is 3.31. The van der Waals surface area contributed by atoms with Gasteiger partial charge >= 0.3 is 0 Å². The van der Waals surface area contributed by atoms with Crippen molar-refractivity contribution in [1.82, 2.24) is 4.90 Å². The van der Waals surface area contributed by atoms with E-state index in [1.807, 2.05) is 26.1 Å². The minimum absolute atomic E-state index is 0.00243. The summed E-state index contributed by atoms with van der Waals surface area (Å²) in [4.78, 5) is 14.0. The Morgan fingerprint density at radius 3 is 2.79 bits per heavy atom. The van der Waals surface area contributed by atoms with Crippen molar-refractivity contribution in [3.63, 3.8) is 0 Å².